The van der Waals surface area contributed by atoms with Crippen LogP contribution in [0.3, 0.4) is 0 Å². The van der Waals surface area contributed by atoms with Crippen molar-refractivity contribution in [2.45, 2.75) is 13.5 Å². The minimum Gasteiger partial charge on any atom is -0.477 e. The summed E-state index contributed by atoms with van der Waals surface area (Å²) in [6.07, 6.45) is 1.43. The highest BCUT2D eigenvalue weighted by molar-refractivity contribution is 7.12. The molecule has 3 heterocycles. The number of carboxylic acid groups (broad SMARTS) is 1. The highest BCUT2D eigenvalue weighted by atomic mass is 35.5. The molecule has 1 aliphatic heterocycles. The topological polar surface area (TPSA) is 119 Å². The highest BCUT2D eigenvalue weighted by Crippen LogP contribution is 2.31. The van der Waals surface area contributed by atoms with Gasteiger partial charge in [-0.1, -0.05) is 17.7 Å². The monoisotopic (exact) mass is 458 g/mol. The number of amides is 1. The summed E-state index contributed by atoms with van der Waals surface area (Å²) in [5.74, 6) is -0.461. The van der Waals surface area contributed by atoms with Crippen molar-refractivity contribution in [3.05, 3.63) is 51.3 Å². The summed E-state index contributed by atoms with van der Waals surface area (Å²) < 4.78 is 0. The van der Waals surface area contributed by atoms with E-state index in [1.807, 2.05) is 25.1 Å². The Morgan fingerprint density at radius 3 is 2.94 bits per heavy atom. The second-order valence-electron chi connectivity index (χ2n) is 6.69. The molecule has 160 valence electrons. The van der Waals surface area contributed by atoms with Crippen LogP contribution in [0.25, 0.3) is 0 Å². The molecule has 9 nitrogen and oxygen atoms in total. The number of thiophene rings is 1. The maximum absolute atomic E-state index is 12.3. The van der Waals surface area contributed by atoms with E-state index in [4.69, 9.17) is 11.6 Å². The fraction of sp³-hybridized carbons (Fsp3) is 0.200. The van der Waals surface area contributed by atoms with E-state index in [1.165, 1.54) is 6.20 Å². The molecular formula is C20H19ClN6O3S. The molecule has 0 aliphatic carbocycles. The molecule has 0 radical (unpaired) electrons. The average Bonchev–Trinajstić information content (AvgIpc) is 3.14. The van der Waals surface area contributed by atoms with Crippen molar-refractivity contribution in [3.63, 3.8) is 0 Å². The van der Waals surface area contributed by atoms with E-state index >= 15 is 0 Å². The molecule has 0 fully saturated rings. The first-order chi connectivity index (χ1) is 15.0. The van der Waals surface area contributed by atoms with Crippen molar-refractivity contribution < 1.29 is 14.7 Å². The predicted octanol–water partition coefficient (Wildman–Crippen LogP) is 3.83. The van der Waals surface area contributed by atoms with Gasteiger partial charge in [0, 0.05) is 18.8 Å². The van der Waals surface area contributed by atoms with Crippen LogP contribution in [0.4, 0.5) is 28.8 Å². The second kappa shape index (κ2) is 8.88. The summed E-state index contributed by atoms with van der Waals surface area (Å²) in [5.41, 5.74) is 2.97. The van der Waals surface area contributed by atoms with Gasteiger partial charge in [0.25, 0.3) is 0 Å². The third-order valence-corrected chi connectivity index (χ3v) is 5.88. The second-order valence-corrected chi connectivity index (χ2v) is 8.02. The van der Waals surface area contributed by atoms with Gasteiger partial charge < -0.3 is 26.0 Å². The van der Waals surface area contributed by atoms with Crippen molar-refractivity contribution in [3.8, 4) is 0 Å². The van der Waals surface area contributed by atoms with Crippen LogP contribution in [0.2, 0.25) is 5.02 Å². The van der Waals surface area contributed by atoms with E-state index in [0.717, 1.165) is 22.6 Å². The van der Waals surface area contributed by atoms with Crippen LogP contribution in [0.1, 0.15) is 22.2 Å². The molecule has 1 aliphatic rings. The molecule has 1 amide bonds. The van der Waals surface area contributed by atoms with Gasteiger partial charge in [-0.15, -0.1) is 11.3 Å². The summed E-state index contributed by atoms with van der Waals surface area (Å²) in [6.45, 7) is 3.40. The number of anilines is 5. The number of likely N-dealkylation sites (N-methyl/N-ethyl adjacent to an activating group) is 1. The van der Waals surface area contributed by atoms with Gasteiger partial charge in [0.05, 0.1) is 24.1 Å². The molecule has 2 aromatic heterocycles. The third kappa shape index (κ3) is 4.46. The number of benzene rings is 1. The first-order valence-electron chi connectivity index (χ1n) is 9.47. The van der Waals surface area contributed by atoms with Gasteiger partial charge in [-0.05, 0) is 36.1 Å². The number of fused-ring (bicyclic) bond motifs is 1. The summed E-state index contributed by atoms with van der Waals surface area (Å²) in [6, 6.07) is 7.37. The lowest BCUT2D eigenvalue weighted by Gasteiger charge is -2.21. The quantitative estimate of drug-likeness (QED) is 0.440. The van der Waals surface area contributed by atoms with Crippen molar-refractivity contribution >= 4 is 63.6 Å². The third-order valence-electron chi connectivity index (χ3n) is 4.70. The van der Waals surface area contributed by atoms with Crippen molar-refractivity contribution in [1.82, 2.24) is 15.3 Å². The maximum atomic E-state index is 12.3. The minimum absolute atomic E-state index is 0.0117. The van der Waals surface area contributed by atoms with Gasteiger partial charge in [-0.2, -0.15) is 4.98 Å². The van der Waals surface area contributed by atoms with E-state index in [2.05, 4.69) is 25.9 Å². The lowest BCUT2D eigenvalue weighted by atomic mass is 10.1. The largest absolute Gasteiger partial charge is 0.477 e. The Labute approximate surface area is 187 Å². The van der Waals surface area contributed by atoms with Gasteiger partial charge in [0.1, 0.15) is 9.90 Å². The number of carboxylic acids is 1. The van der Waals surface area contributed by atoms with Crippen molar-refractivity contribution in [2.24, 2.45) is 0 Å². The molecule has 0 unspecified atom stereocenters. The SMILES string of the molecule is CCN1C(=O)CNCc2ccc(Nc3ncc(Cl)c(Nc4ccsc4C(=O)O)n3)cc21. The Balaban J connectivity index is 1.60. The Kier molecular flexibility index (Phi) is 6.03. The number of aromatic nitrogens is 2. The van der Waals surface area contributed by atoms with E-state index in [-0.39, 0.29) is 27.6 Å². The average molecular weight is 459 g/mol. The zero-order valence-corrected chi connectivity index (χ0v) is 18.0. The molecule has 0 saturated heterocycles. The molecule has 0 saturated carbocycles. The fourth-order valence-electron chi connectivity index (χ4n) is 3.27. The van der Waals surface area contributed by atoms with Crippen LogP contribution in [0, 0.1) is 0 Å². The number of carbonyl (C=O) groups excluding carboxylic acids is 1. The van der Waals surface area contributed by atoms with E-state index in [0.29, 0.717) is 31.0 Å². The standard InChI is InChI=1S/C20H19ClN6O3S/c1-2-27-15-7-12(4-3-11(15)8-22-10-16(27)28)24-20-23-9-13(21)18(26-20)25-14-5-6-31-17(14)19(29)30/h3-7,9,22H,2,8,10H2,1H3,(H,29,30)(H2,23,24,25,26). The molecule has 1 aromatic carbocycles. The number of aromatic carboxylic acids is 1. The summed E-state index contributed by atoms with van der Waals surface area (Å²) >= 11 is 7.31. The Hall–Kier alpha value is -3.21. The van der Waals surface area contributed by atoms with Gasteiger partial charge in [-0.25, -0.2) is 9.78 Å². The van der Waals surface area contributed by atoms with E-state index < -0.39 is 5.97 Å². The van der Waals surface area contributed by atoms with Crippen LogP contribution in [0.15, 0.2) is 35.8 Å². The first-order valence-corrected chi connectivity index (χ1v) is 10.7. The number of nitrogens with one attached hydrogen (secondary N) is 3. The normalized spacial score (nSPS) is 13.5. The zero-order valence-electron chi connectivity index (χ0n) is 16.5. The Morgan fingerprint density at radius 1 is 1.32 bits per heavy atom. The van der Waals surface area contributed by atoms with Crippen LogP contribution >= 0.6 is 22.9 Å². The number of carbonyl (C=O) groups is 2. The first kappa shape index (κ1) is 21.0. The Morgan fingerprint density at radius 2 is 2.16 bits per heavy atom. The van der Waals surface area contributed by atoms with Crippen molar-refractivity contribution in [1.29, 1.82) is 0 Å². The lowest BCUT2D eigenvalue weighted by Crippen LogP contribution is -2.35. The molecule has 4 rings (SSSR count). The minimum atomic E-state index is -1.03. The summed E-state index contributed by atoms with van der Waals surface area (Å²) in [4.78, 5) is 34.2. The zero-order chi connectivity index (χ0) is 22.0. The molecule has 31 heavy (non-hydrogen) atoms. The maximum Gasteiger partial charge on any atom is 0.348 e. The van der Waals surface area contributed by atoms with E-state index in [9.17, 15) is 14.7 Å². The number of hydrogen-bond acceptors (Lipinski definition) is 8. The fourth-order valence-corrected chi connectivity index (χ4v) is 4.09. The van der Waals surface area contributed by atoms with Gasteiger partial charge in [0.2, 0.25) is 11.9 Å². The van der Waals surface area contributed by atoms with Gasteiger partial charge in [0.15, 0.2) is 5.82 Å². The van der Waals surface area contributed by atoms with Crippen LogP contribution in [-0.2, 0) is 11.3 Å². The number of rotatable bonds is 6. The number of halogens is 1. The summed E-state index contributed by atoms with van der Waals surface area (Å²) in [7, 11) is 0. The highest BCUT2D eigenvalue weighted by Gasteiger charge is 2.21. The van der Waals surface area contributed by atoms with Crippen LogP contribution in [0.5, 0.6) is 0 Å². The molecular weight excluding hydrogens is 440 g/mol. The van der Waals surface area contributed by atoms with E-state index in [1.54, 1.807) is 16.3 Å². The number of nitrogens with zero attached hydrogens (tertiary/aromatic N) is 3. The van der Waals surface area contributed by atoms with Crippen LogP contribution in [-0.4, -0.2) is 40.0 Å². The van der Waals surface area contributed by atoms with Crippen molar-refractivity contribution in [2.75, 3.05) is 28.6 Å². The molecule has 0 atom stereocenters. The lowest BCUT2D eigenvalue weighted by molar-refractivity contribution is -0.117. The van der Waals surface area contributed by atoms with Gasteiger partial charge in [-0.3, -0.25) is 4.79 Å². The smallest absolute Gasteiger partial charge is 0.348 e. The number of hydrogen-bond donors (Lipinski definition) is 4. The van der Waals surface area contributed by atoms with Gasteiger partial charge >= 0.3 is 5.97 Å². The molecule has 4 N–H and O–H groups in total. The Bertz CT molecular complexity index is 1150. The molecule has 0 bridgehead atoms. The molecule has 3 aromatic rings. The van der Waals surface area contributed by atoms with Crippen LogP contribution < -0.4 is 20.9 Å². The summed E-state index contributed by atoms with van der Waals surface area (Å²) in [5, 5.41) is 20.4. The molecule has 11 heteroatoms. The molecule has 0 spiro atoms. The predicted molar refractivity (Wildman–Crippen MR) is 121 cm³/mol.